The van der Waals surface area contributed by atoms with Crippen molar-refractivity contribution in [3.8, 4) is 0 Å². The molecule has 170 valence electrons. The van der Waals surface area contributed by atoms with Crippen molar-refractivity contribution in [1.82, 2.24) is 19.8 Å². The molecule has 1 aliphatic rings. The number of rotatable bonds is 6. The number of aromatic amines is 1. The van der Waals surface area contributed by atoms with Crippen molar-refractivity contribution >= 4 is 16.9 Å². The van der Waals surface area contributed by atoms with E-state index in [9.17, 15) is 9.59 Å². The first kappa shape index (κ1) is 22.3. The lowest BCUT2D eigenvalue weighted by molar-refractivity contribution is -0.122. The van der Waals surface area contributed by atoms with Crippen LogP contribution in [0.1, 0.15) is 50.8 Å². The van der Waals surface area contributed by atoms with Gasteiger partial charge in [0, 0.05) is 25.7 Å². The number of likely N-dealkylation sites (tertiary alicyclic amines) is 1. The third-order valence-corrected chi connectivity index (χ3v) is 6.47. The summed E-state index contributed by atoms with van der Waals surface area (Å²) in [4.78, 5) is 30.0. The predicted molar refractivity (Wildman–Crippen MR) is 129 cm³/mol. The summed E-state index contributed by atoms with van der Waals surface area (Å²) in [7, 11) is 0. The van der Waals surface area contributed by atoms with Gasteiger partial charge < -0.3 is 10.3 Å². The number of fused-ring (bicyclic) bond motifs is 1. The van der Waals surface area contributed by atoms with Gasteiger partial charge in [0.1, 0.15) is 0 Å². The van der Waals surface area contributed by atoms with Gasteiger partial charge >= 0.3 is 5.69 Å². The number of nitrogens with zero attached hydrogens (tertiary/aromatic N) is 2. The number of nitrogens with one attached hydrogen (secondary N) is 2. The lowest BCUT2D eigenvalue weighted by Crippen LogP contribution is -2.43. The number of amides is 1. The number of aromatic nitrogens is 2. The van der Waals surface area contributed by atoms with E-state index in [1.54, 1.807) is 0 Å². The molecule has 1 aliphatic heterocycles. The molecule has 32 heavy (non-hydrogen) atoms. The molecule has 0 aliphatic carbocycles. The number of carbonyl (C=O) groups is 1. The number of benzene rings is 2. The van der Waals surface area contributed by atoms with Crippen molar-refractivity contribution in [2.24, 2.45) is 0 Å². The highest BCUT2D eigenvalue weighted by atomic mass is 16.2. The van der Waals surface area contributed by atoms with E-state index in [2.05, 4.69) is 60.2 Å². The molecule has 0 radical (unpaired) electrons. The molecule has 2 aromatic carbocycles. The highest BCUT2D eigenvalue weighted by molar-refractivity contribution is 5.78. The number of carbonyl (C=O) groups excluding carboxylic acids is 1. The van der Waals surface area contributed by atoms with Crippen LogP contribution in [-0.4, -0.2) is 46.5 Å². The van der Waals surface area contributed by atoms with Gasteiger partial charge in [-0.15, -0.1) is 0 Å². The molecule has 0 unspecified atom stereocenters. The SMILES string of the molecule is CC(C)(C)c1ccc(CCNC(=O)CN2CCC(n3c(=O)[nH]c4ccccc43)CC2)cc1. The van der Waals surface area contributed by atoms with Crippen molar-refractivity contribution in [3.63, 3.8) is 0 Å². The van der Waals surface area contributed by atoms with Gasteiger partial charge in [0.05, 0.1) is 17.6 Å². The molecule has 2 heterocycles. The Bertz CT molecular complexity index is 1110. The van der Waals surface area contributed by atoms with Gasteiger partial charge in [-0.2, -0.15) is 0 Å². The first-order valence-electron chi connectivity index (χ1n) is 11.6. The second-order valence-corrected chi connectivity index (χ2v) is 9.87. The van der Waals surface area contributed by atoms with E-state index < -0.39 is 0 Å². The van der Waals surface area contributed by atoms with Crippen LogP contribution in [-0.2, 0) is 16.6 Å². The first-order valence-corrected chi connectivity index (χ1v) is 11.6. The lowest BCUT2D eigenvalue weighted by atomic mass is 9.86. The van der Waals surface area contributed by atoms with E-state index in [-0.39, 0.29) is 23.1 Å². The number of hydrogen-bond donors (Lipinski definition) is 2. The normalized spacial score (nSPS) is 15.8. The standard InChI is InChI=1S/C26H34N4O2/c1-26(2,3)20-10-8-19(9-11-20)12-15-27-24(31)18-29-16-13-21(14-17-29)30-23-7-5-4-6-22(23)28-25(30)32/h4-11,21H,12-18H2,1-3H3,(H,27,31)(H,28,32). The third kappa shape index (κ3) is 5.13. The van der Waals surface area contributed by atoms with Gasteiger partial charge in [0.25, 0.3) is 0 Å². The molecule has 6 heteroatoms. The Morgan fingerprint density at radius 3 is 2.44 bits per heavy atom. The molecule has 1 fully saturated rings. The molecule has 0 atom stereocenters. The van der Waals surface area contributed by atoms with E-state index >= 15 is 0 Å². The van der Waals surface area contributed by atoms with Gasteiger partial charge in [-0.1, -0.05) is 57.2 Å². The summed E-state index contributed by atoms with van der Waals surface area (Å²) in [6.45, 7) is 9.33. The molecular weight excluding hydrogens is 400 g/mol. The average Bonchev–Trinajstić information content (AvgIpc) is 3.10. The molecule has 1 amide bonds. The van der Waals surface area contributed by atoms with Gasteiger partial charge in [0.15, 0.2) is 0 Å². The molecule has 4 rings (SSSR count). The Kier molecular flexibility index (Phi) is 6.51. The van der Waals surface area contributed by atoms with Crippen LogP contribution < -0.4 is 11.0 Å². The van der Waals surface area contributed by atoms with Crippen LogP contribution in [0.3, 0.4) is 0 Å². The summed E-state index contributed by atoms with van der Waals surface area (Å²) in [5.41, 5.74) is 4.52. The summed E-state index contributed by atoms with van der Waals surface area (Å²) in [6.07, 6.45) is 2.58. The van der Waals surface area contributed by atoms with Crippen molar-refractivity contribution in [1.29, 1.82) is 0 Å². The van der Waals surface area contributed by atoms with Crippen molar-refractivity contribution in [2.45, 2.75) is 51.5 Å². The average molecular weight is 435 g/mol. The molecule has 3 aromatic rings. The lowest BCUT2D eigenvalue weighted by Gasteiger charge is -2.32. The molecule has 0 spiro atoms. The smallest absolute Gasteiger partial charge is 0.326 e. The molecule has 2 N–H and O–H groups in total. The second kappa shape index (κ2) is 9.33. The number of piperidine rings is 1. The fraction of sp³-hybridized carbons (Fsp3) is 0.462. The summed E-state index contributed by atoms with van der Waals surface area (Å²) >= 11 is 0. The fourth-order valence-electron chi connectivity index (χ4n) is 4.55. The monoisotopic (exact) mass is 434 g/mol. The van der Waals surface area contributed by atoms with Crippen molar-refractivity contribution in [2.75, 3.05) is 26.2 Å². The number of H-pyrrole nitrogens is 1. The van der Waals surface area contributed by atoms with Crippen LogP contribution in [0.4, 0.5) is 0 Å². The van der Waals surface area contributed by atoms with E-state index in [4.69, 9.17) is 0 Å². The molecule has 0 bridgehead atoms. The molecule has 6 nitrogen and oxygen atoms in total. The predicted octanol–water partition coefficient (Wildman–Crippen LogP) is 3.62. The number of hydrogen-bond acceptors (Lipinski definition) is 3. The zero-order chi connectivity index (χ0) is 22.7. The number of imidazole rings is 1. The van der Waals surface area contributed by atoms with Crippen LogP contribution in [0.2, 0.25) is 0 Å². The maximum atomic E-state index is 12.4. The van der Waals surface area contributed by atoms with Crippen LogP contribution >= 0.6 is 0 Å². The minimum Gasteiger partial charge on any atom is -0.355 e. The maximum absolute atomic E-state index is 12.4. The Labute approximate surface area is 189 Å². The second-order valence-electron chi connectivity index (χ2n) is 9.87. The van der Waals surface area contributed by atoms with E-state index in [0.29, 0.717) is 13.1 Å². The zero-order valence-electron chi connectivity index (χ0n) is 19.4. The van der Waals surface area contributed by atoms with Gasteiger partial charge in [-0.05, 0) is 47.9 Å². The van der Waals surface area contributed by atoms with Crippen LogP contribution in [0.15, 0.2) is 53.3 Å². The van der Waals surface area contributed by atoms with Gasteiger partial charge in [-0.3, -0.25) is 14.3 Å². The largest absolute Gasteiger partial charge is 0.355 e. The number of para-hydroxylation sites is 2. The fourth-order valence-corrected chi connectivity index (χ4v) is 4.55. The quantitative estimate of drug-likeness (QED) is 0.623. The highest BCUT2D eigenvalue weighted by Crippen LogP contribution is 2.25. The van der Waals surface area contributed by atoms with Crippen LogP contribution in [0.25, 0.3) is 11.0 Å². The minimum absolute atomic E-state index is 0.0436. The van der Waals surface area contributed by atoms with E-state index in [1.165, 1.54) is 11.1 Å². The van der Waals surface area contributed by atoms with Gasteiger partial charge in [-0.25, -0.2) is 4.79 Å². The van der Waals surface area contributed by atoms with Crippen LogP contribution in [0.5, 0.6) is 0 Å². The van der Waals surface area contributed by atoms with Crippen LogP contribution in [0, 0.1) is 0 Å². The van der Waals surface area contributed by atoms with E-state index in [1.807, 2.05) is 28.8 Å². The Morgan fingerprint density at radius 2 is 1.75 bits per heavy atom. The minimum atomic E-state index is -0.0436. The molecule has 1 aromatic heterocycles. The zero-order valence-corrected chi connectivity index (χ0v) is 19.4. The summed E-state index contributed by atoms with van der Waals surface area (Å²) in [5.74, 6) is 0.0685. The Balaban J connectivity index is 1.22. The Morgan fingerprint density at radius 1 is 1.06 bits per heavy atom. The molecular formula is C26H34N4O2. The maximum Gasteiger partial charge on any atom is 0.326 e. The Hall–Kier alpha value is -2.86. The van der Waals surface area contributed by atoms with Gasteiger partial charge in [0.2, 0.25) is 5.91 Å². The van der Waals surface area contributed by atoms with Crippen molar-refractivity contribution in [3.05, 3.63) is 70.1 Å². The summed E-state index contributed by atoms with van der Waals surface area (Å²) in [6, 6.07) is 16.7. The topological polar surface area (TPSA) is 70.1 Å². The summed E-state index contributed by atoms with van der Waals surface area (Å²) in [5, 5.41) is 3.05. The molecule has 0 saturated carbocycles. The first-order chi connectivity index (χ1) is 15.3. The summed E-state index contributed by atoms with van der Waals surface area (Å²) < 4.78 is 1.89. The third-order valence-electron chi connectivity index (χ3n) is 6.47. The molecule has 1 saturated heterocycles. The van der Waals surface area contributed by atoms with Crippen molar-refractivity contribution < 1.29 is 4.79 Å². The van der Waals surface area contributed by atoms with E-state index in [0.717, 1.165) is 43.4 Å². The highest BCUT2D eigenvalue weighted by Gasteiger charge is 2.24.